The number of methoxy groups -OCH3 is 1. The van der Waals surface area contributed by atoms with Crippen LogP contribution in [0.1, 0.15) is 0 Å². The Morgan fingerprint density at radius 1 is 1.75 bits per heavy atom. The van der Waals surface area contributed by atoms with Gasteiger partial charge in [-0.15, -0.1) is 0 Å². The van der Waals surface area contributed by atoms with Gasteiger partial charge in [0.2, 0.25) is 11.8 Å². The Labute approximate surface area is 70.5 Å². The molecule has 1 aliphatic heterocycles. The van der Waals surface area contributed by atoms with E-state index in [1.54, 1.807) is 6.42 Å². The predicted octanol–water partition coefficient (Wildman–Crippen LogP) is -1.47. The molecule has 1 unspecified atom stereocenters. The lowest BCUT2D eigenvalue weighted by molar-refractivity contribution is -0.145. The second kappa shape index (κ2) is 3.53. The van der Waals surface area contributed by atoms with Gasteiger partial charge in [-0.1, -0.05) is 0 Å². The van der Waals surface area contributed by atoms with Gasteiger partial charge in [-0.2, -0.15) is 0 Å². The number of primary amides is 1. The van der Waals surface area contributed by atoms with Crippen molar-refractivity contribution in [3.05, 3.63) is 6.42 Å². The van der Waals surface area contributed by atoms with Gasteiger partial charge in [0.05, 0.1) is 0 Å². The molecular weight excluding hydrogens is 160 g/mol. The molecule has 2 amide bonds. The fraction of sp³-hybridized carbons (Fsp3) is 0.571. The molecule has 12 heavy (non-hydrogen) atoms. The summed E-state index contributed by atoms with van der Waals surface area (Å²) >= 11 is 0. The maximum atomic E-state index is 11.1. The number of hydrogen-bond acceptors (Lipinski definition) is 3. The predicted molar refractivity (Wildman–Crippen MR) is 40.9 cm³/mol. The average molecular weight is 171 g/mol. The minimum atomic E-state index is -0.535. The molecule has 0 saturated carbocycles. The second-order valence-electron chi connectivity index (χ2n) is 2.56. The van der Waals surface area contributed by atoms with Crippen LogP contribution in [0.5, 0.6) is 0 Å². The SMILES string of the molecule is COCC(=O)N1C[CH]C1C(N)=O. The van der Waals surface area contributed by atoms with Crippen molar-refractivity contribution in [2.24, 2.45) is 5.73 Å². The van der Waals surface area contributed by atoms with E-state index in [2.05, 4.69) is 4.74 Å². The summed E-state index contributed by atoms with van der Waals surface area (Å²) in [6.07, 6.45) is 1.69. The lowest BCUT2D eigenvalue weighted by Gasteiger charge is -2.38. The molecule has 1 fully saturated rings. The average Bonchev–Trinajstić information content (AvgIpc) is 1.82. The summed E-state index contributed by atoms with van der Waals surface area (Å²) in [4.78, 5) is 23.2. The summed E-state index contributed by atoms with van der Waals surface area (Å²) in [6, 6.07) is -0.535. The Morgan fingerprint density at radius 2 is 2.42 bits per heavy atom. The molecule has 1 heterocycles. The highest BCUT2D eigenvalue weighted by molar-refractivity contribution is 5.90. The smallest absolute Gasteiger partial charge is 0.249 e. The second-order valence-corrected chi connectivity index (χ2v) is 2.56. The van der Waals surface area contributed by atoms with Gasteiger partial charge in [0.1, 0.15) is 12.6 Å². The third kappa shape index (κ3) is 1.55. The van der Waals surface area contributed by atoms with Crippen LogP contribution in [-0.4, -0.2) is 43.0 Å². The number of carbonyl (C=O) groups is 2. The number of hydrogen-bond donors (Lipinski definition) is 1. The molecule has 0 aromatic carbocycles. The van der Waals surface area contributed by atoms with E-state index in [-0.39, 0.29) is 12.5 Å². The Morgan fingerprint density at radius 3 is 2.75 bits per heavy atom. The summed E-state index contributed by atoms with van der Waals surface area (Å²) in [7, 11) is 1.43. The third-order valence-corrected chi connectivity index (χ3v) is 1.74. The van der Waals surface area contributed by atoms with Crippen LogP contribution in [0.15, 0.2) is 0 Å². The largest absolute Gasteiger partial charge is 0.375 e. The minimum Gasteiger partial charge on any atom is -0.375 e. The van der Waals surface area contributed by atoms with Gasteiger partial charge in [0, 0.05) is 20.1 Å². The first kappa shape index (κ1) is 8.99. The number of amides is 2. The number of rotatable bonds is 3. The van der Waals surface area contributed by atoms with Crippen LogP contribution in [0.3, 0.4) is 0 Å². The minimum absolute atomic E-state index is 0.00236. The quantitative estimate of drug-likeness (QED) is 0.563. The third-order valence-electron chi connectivity index (χ3n) is 1.74. The van der Waals surface area contributed by atoms with Crippen LogP contribution in [0, 0.1) is 6.42 Å². The maximum Gasteiger partial charge on any atom is 0.249 e. The van der Waals surface area contributed by atoms with E-state index in [0.717, 1.165) is 0 Å². The molecule has 0 bridgehead atoms. The molecule has 1 rings (SSSR count). The van der Waals surface area contributed by atoms with Gasteiger partial charge in [-0.25, -0.2) is 0 Å². The Kier molecular flexibility index (Phi) is 2.65. The topological polar surface area (TPSA) is 72.6 Å². The zero-order valence-corrected chi connectivity index (χ0v) is 6.82. The number of carbonyl (C=O) groups excluding carboxylic acids is 2. The zero-order chi connectivity index (χ0) is 9.14. The number of likely N-dealkylation sites (tertiary alicyclic amines) is 1. The Bertz CT molecular complexity index is 205. The van der Waals surface area contributed by atoms with E-state index in [4.69, 9.17) is 5.73 Å². The number of nitrogens with zero attached hydrogens (tertiary/aromatic N) is 1. The van der Waals surface area contributed by atoms with Gasteiger partial charge in [0.25, 0.3) is 0 Å². The van der Waals surface area contributed by atoms with Crippen LogP contribution >= 0.6 is 0 Å². The van der Waals surface area contributed by atoms with E-state index in [9.17, 15) is 9.59 Å². The van der Waals surface area contributed by atoms with Crippen molar-refractivity contribution in [2.75, 3.05) is 20.3 Å². The molecule has 0 aliphatic carbocycles. The van der Waals surface area contributed by atoms with Crippen LogP contribution in [0.25, 0.3) is 0 Å². The lowest BCUT2D eigenvalue weighted by Crippen LogP contribution is -2.58. The standard InChI is InChI=1S/C7H11N2O3/c1-12-4-6(10)9-3-2-5(9)7(8)11/h2,5H,3-4H2,1H3,(H2,8,11). The summed E-state index contributed by atoms with van der Waals surface area (Å²) in [5.74, 6) is -0.700. The van der Waals surface area contributed by atoms with Crippen molar-refractivity contribution in [2.45, 2.75) is 6.04 Å². The number of ether oxygens (including phenoxy) is 1. The van der Waals surface area contributed by atoms with Gasteiger partial charge in [-0.05, 0) is 0 Å². The van der Waals surface area contributed by atoms with E-state index in [0.29, 0.717) is 6.54 Å². The molecule has 2 N–H and O–H groups in total. The van der Waals surface area contributed by atoms with Crippen LogP contribution < -0.4 is 5.73 Å². The molecule has 5 heteroatoms. The maximum absolute atomic E-state index is 11.1. The Balaban J connectivity index is 2.43. The van der Waals surface area contributed by atoms with Crippen molar-refractivity contribution in [1.82, 2.24) is 4.90 Å². The molecular formula is C7H11N2O3. The van der Waals surface area contributed by atoms with Gasteiger partial charge >= 0.3 is 0 Å². The molecule has 0 aromatic heterocycles. The molecule has 1 aliphatic rings. The van der Waals surface area contributed by atoms with Gasteiger partial charge in [-0.3, -0.25) is 9.59 Å². The van der Waals surface area contributed by atoms with Crippen molar-refractivity contribution >= 4 is 11.8 Å². The molecule has 1 atom stereocenters. The summed E-state index contributed by atoms with van der Waals surface area (Å²) in [6.45, 7) is 0.480. The van der Waals surface area contributed by atoms with Crippen molar-refractivity contribution in [1.29, 1.82) is 0 Å². The fourth-order valence-electron chi connectivity index (χ4n) is 1.05. The first-order valence-corrected chi connectivity index (χ1v) is 3.58. The molecule has 1 saturated heterocycles. The molecule has 0 aromatic rings. The Hall–Kier alpha value is -1.10. The van der Waals surface area contributed by atoms with Crippen molar-refractivity contribution in [3.8, 4) is 0 Å². The van der Waals surface area contributed by atoms with Crippen molar-refractivity contribution < 1.29 is 14.3 Å². The normalized spacial score (nSPS) is 21.8. The van der Waals surface area contributed by atoms with E-state index < -0.39 is 11.9 Å². The summed E-state index contributed by atoms with van der Waals surface area (Å²) in [5, 5.41) is 0. The van der Waals surface area contributed by atoms with Crippen LogP contribution in [0.4, 0.5) is 0 Å². The van der Waals surface area contributed by atoms with E-state index in [1.807, 2.05) is 0 Å². The molecule has 5 nitrogen and oxygen atoms in total. The highest BCUT2D eigenvalue weighted by Crippen LogP contribution is 2.15. The first-order chi connectivity index (χ1) is 5.66. The van der Waals surface area contributed by atoms with Gasteiger partial charge < -0.3 is 15.4 Å². The van der Waals surface area contributed by atoms with Gasteiger partial charge in [0.15, 0.2) is 0 Å². The number of nitrogens with two attached hydrogens (primary N) is 1. The monoisotopic (exact) mass is 171 g/mol. The van der Waals surface area contributed by atoms with Crippen LogP contribution in [0.2, 0.25) is 0 Å². The lowest BCUT2D eigenvalue weighted by atomic mass is 10.0. The molecule has 0 spiro atoms. The highest BCUT2D eigenvalue weighted by atomic mass is 16.5. The summed E-state index contributed by atoms with van der Waals surface area (Å²) in [5.41, 5.74) is 5.02. The molecule has 67 valence electrons. The van der Waals surface area contributed by atoms with E-state index in [1.165, 1.54) is 12.0 Å². The zero-order valence-electron chi connectivity index (χ0n) is 6.82. The highest BCUT2D eigenvalue weighted by Gasteiger charge is 2.36. The fourth-order valence-corrected chi connectivity index (χ4v) is 1.05. The van der Waals surface area contributed by atoms with Crippen LogP contribution in [-0.2, 0) is 14.3 Å². The van der Waals surface area contributed by atoms with Crippen molar-refractivity contribution in [3.63, 3.8) is 0 Å². The first-order valence-electron chi connectivity index (χ1n) is 3.58. The molecule has 1 radical (unpaired) electrons. The van der Waals surface area contributed by atoms with E-state index >= 15 is 0 Å². The summed E-state index contributed by atoms with van der Waals surface area (Å²) < 4.78 is 4.63.